The van der Waals surface area contributed by atoms with Gasteiger partial charge in [-0.15, -0.1) is 16.6 Å². The molecular weight excluding hydrogens is 398 g/mol. The molecule has 9 heteroatoms. The summed E-state index contributed by atoms with van der Waals surface area (Å²) < 4.78 is 17.7. The average molecular weight is 419 g/mol. The molecule has 2 aromatic heterocycles. The highest BCUT2D eigenvalue weighted by Crippen LogP contribution is 2.42. The van der Waals surface area contributed by atoms with Crippen LogP contribution in [0.1, 0.15) is 29.2 Å². The molecule has 1 aromatic carbocycles. The number of fused-ring (bicyclic) bond motifs is 1. The molecule has 4 rings (SSSR count). The van der Waals surface area contributed by atoms with E-state index in [0.29, 0.717) is 29.0 Å². The van der Waals surface area contributed by atoms with Gasteiger partial charge in [-0.1, -0.05) is 12.0 Å². The van der Waals surface area contributed by atoms with Crippen LogP contribution in [0.4, 0.5) is 5.82 Å². The van der Waals surface area contributed by atoms with Crippen LogP contribution in [0.15, 0.2) is 30.3 Å². The quantitative estimate of drug-likeness (QED) is 0.613. The number of methoxy groups -OCH3 is 2. The van der Waals surface area contributed by atoms with Gasteiger partial charge in [0.05, 0.1) is 19.9 Å². The van der Waals surface area contributed by atoms with Gasteiger partial charge in [-0.2, -0.15) is 9.78 Å². The van der Waals surface area contributed by atoms with E-state index in [0.717, 1.165) is 16.8 Å². The maximum atomic E-state index is 12.6. The number of nitrogens with one attached hydrogen (secondary N) is 1. The van der Waals surface area contributed by atoms with Crippen LogP contribution >= 0.6 is 0 Å². The van der Waals surface area contributed by atoms with Crippen LogP contribution in [0.25, 0.3) is 5.82 Å². The van der Waals surface area contributed by atoms with E-state index in [1.54, 1.807) is 30.0 Å². The van der Waals surface area contributed by atoms with Gasteiger partial charge in [0.2, 0.25) is 11.8 Å². The fourth-order valence-corrected chi connectivity index (χ4v) is 3.67. The zero-order valence-electron chi connectivity index (χ0n) is 17.4. The number of terminal acetylenes is 1. The van der Waals surface area contributed by atoms with Crippen LogP contribution in [0, 0.1) is 19.3 Å². The number of benzene rings is 1. The van der Waals surface area contributed by atoms with Gasteiger partial charge in [0.1, 0.15) is 12.4 Å². The molecule has 9 nitrogen and oxygen atoms in total. The van der Waals surface area contributed by atoms with E-state index in [1.807, 2.05) is 19.1 Å². The number of hydrogen-bond acceptors (Lipinski definition) is 7. The minimum Gasteiger partial charge on any atom is -0.493 e. The van der Waals surface area contributed by atoms with Gasteiger partial charge in [-0.25, -0.2) is 0 Å². The Bertz CT molecular complexity index is 1160. The topological polar surface area (TPSA) is 100 Å². The molecular formula is C22H21N5O4. The van der Waals surface area contributed by atoms with E-state index in [2.05, 4.69) is 26.5 Å². The molecule has 0 bridgehead atoms. The summed E-state index contributed by atoms with van der Waals surface area (Å²) in [5, 5.41) is 15.7. The number of amides is 1. The Morgan fingerprint density at radius 2 is 2.03 bits per heavy atom. The molecule has 1 atom stereocenters. The Hall–Kier alpha value is -4.06. The molecule has 1 N–H and O–H groups in total. The minimum atomic E-state index is -0.209. The van der Waals surface area contributed by atoms with Crippen molar-refractivity contribution >= 4 is 11.7 Å². The van der Waals surface area contributed by atoms with Crippen molar-refractivity contribution in [1.82, 2.24) is 20.0 Å². The first kappa shape index (κ1) is 20.2. The van der Waals surface area contributed by atoms with Crippen molar-refractivity contribution in [1.29, 1.82) is 0 Å². The Morgan fingerprint density at radius 3 is 2.71 bits per heavy atom. The van der Waals surface area contributed by atoms with E-state index < -0.39 is 0 Å². The summed E-state index contributed by atoms with van der Waals surface area (Å²) in [6.07, 6.45) is 5.56. The molecule has 0 saturated heterocycles. The van der Waals surface area contributed by atoms with Gasteiger partial charge in [0.15, 0.2) is 17.3 Å². The molecule has 0 fully saturated rings. The molecule has 0 radical (unpaired) electrons. The third kappa shape index (κ3) is 3.75. The molecule has 1 amide bonds. The second-order valence-corrected chi connectivity index (χ2v) is 6.90. The van der Waals surface area contributed by atoms with Crippen LogP contribution in [0.3, 0.4) is 0 Å². The van der Waals surface area contributed by atoms with Crippen molar-refractivity contribution < 1.29 is 19.0 Å². The zero-order valence-corrected chi connectivity index (χ0v) is 17.4. The molecule has 0 spiro atoms. The van der Waals surface area contributed by atoms with Crippen molar-refractivity contribution in [3.05, 3.63) is 47.2 Å². The number of aromatic nitrogens is 4. The van der Waals surface area contributed by atoms with E-state index in [4.69, 9.17) is 20.6 Å². The number of carbonyl (C=O) groups is 1. The normalized spacial score (nSPS) is 14.9. The molecule has 0 unspecified atom stereocenters. The predicted molar refractivity (Wildman–Crippen MR) is 113 cm³/mol. The van der Waals surface area contributed by atoms with Crippen molar-refractivity contribution in [2.75, 3.05) is 26.1 Å². The lowest BCUT2D eigenvalue weighted by Crippen LogP contribution is -2.25. The van der Waals surface area contributed by atoms with E-state index in [9.17, 15) is 4.79 Å². The highest BCUT2D eigenvalue weighted by atomic mass is 16.5. The van der Waals surface area contributed by atoms with E-state index in [-0.39, 0.29) is 24.9 Å². The number of carbonyl (C=O) groups excluding carboxylic acids is 1. The van der Waals surface area contributed by atoms with Crippen LogP contribution in [0.2, 0.25) is 0 Å². The van der Waals surface area contributed by atoms with Gasteiger partial charge in [0.25, 0.3) is 0 Å². The van der Waals surface area contributed by atoms with Crippen LogP contribution in [0.5, 0.6) is 17.4 Å². The van der Waals surface area contributed by atoms with Crippen LogP contribution in [-0.2, 0) is 4.79 Å². The monoisotopic (exact) mass is 419 g/mol. The highest BCUT2D eigenvalue weighted by Gasteiger charge is 2.33. The van der Waals surface area contributed by atoms with Crippen molar-refractivity contribution in [3.8, 4) is 35.5 Å². The Balaban J connectivity index is 1.77. The first-order chi connectivity index (χ1) is 15.0. The summed E-state index contributed by atoms with van der Waals surface area (Å²) >= 11 is 0. The Kier molecular flexibility index (Phi) is 5.45. The van der Waals surface area contributed by atoms with Gasteiger partial charge in [-0.05, 0) is 30.7 Å². The number of hydrogen-bond donors (Lipinski definition) is 1. The molecule has 0 aliphatic carbocycles. The number of nitrogens with zero attached hydrogens (tertiary/aromatic N) is 4. The van der Waals surface area contributed by atoms with Crippen molar-refractivity contribution in [3.63, 3.8) is 0 Å². The second kappa shape index (κ2) is 8.36. The molecule has 0 saturated carbocycles. The summed E-state index contributed by atoms with van der Waals surface area (Å²) in [7, 11) is 3.08. The number of ether oxygens (including phenoxy) is 3. The molecule has 158 valence electrons. The van der Waals surface area contributed by atoms with E-state index >= 15 is 0 Å². The number of anilines is 1. The summed E-state index contributed by atoms with van der Waals surface area (Å²) in [6, 6.07) is 8.99. The summed E-state index contributed by atoms with van der Waals surface area (Å²) in [6.45, 7) is 2.04. The van der Waals surface area contributed by atoms with Gasteiger partial charge in [-0.3, -0.25) is 4.79 Å². The lowest BCUT2D eigenvalue weighted by molar-refractivity contribution is -0.116. The first-order valence-electron chi connectivity index (χ1n) is 9.57. The maximum absolute atomic E-state index is 12.6. The predicted octanol–water partition coefficient (Wildman–Crippen LogP) is 2.47. The largest absolute Gasteiger partial charge is 0.493 e. The van der Waals surface area contributed by atoms with Gasteiger partial charge < -0.3 is 19.5 Å². The fraction of sp³-hybridized carbons (Fsp3) is 0.273. The Labute approximate surface area is 179 Å². The zero-order chi connectivity index (χ0) is 22.0. The Morgan fingerprint density at radius 1 is 1.19 bits per heavy atom. The maximum Gasteiger partial charge on any atom is 0.233 e. The number of rotatable bonds is 6. The lowest BCUT2D eigenvalue weighted by atomic mass is 9.85. The summed E-state index contributed by atoms with van der Waals surface area (Å²) in [5.41, 5.74) is 2.60. The first-order valence-corrected chi connectivity index (χ1v) is 9.57. The third-order valence-corrected chi connectivity index (χ3v) is 5.06. The fourth-order valence-electron chi connectivity index (χ4n) is 3.67. The SMILES string of the molecule is C#CCOc1ccc([C@@H]2CC(=O)Nc3c2c(C)nn3-c2ccc(OC)nn2)cc1OC. The average Bonchev–Trinajstić information content (AvgIpc) is 3.13. The van der Waals surface area contributed by atoms with Gasteiger partial charge in [0, 0.05) is 24.0 Å². The summed E-state index contributed by atoms with van der Waals surface area (Å²) in [4.78, 5) is 12.6. The van der Waals surface area contributed by atoms with Crippen LogP contribution < -0.4 is 19.5 Å². The molecule has 1 aliphatic heterocycles. The molecule has 31 heavy (non-hydrogen) atoms. The summed E-state index contributed by atoms with van der Waals surface area (Å²) in [5.74, 6) is 4.64. The second-order valence-electron chi connectivity index (χ2n) is 6.90. The standard InChI is InChI=1S/C22H21N5O4/c1-5-10-31-16-7-6-14(11-17(16)29-3)15-12-19(28)23-22-21(15)13(2)26-27(22)18-8-9-20(30-4)25-24-18/h1,6-9,11,15H,10,12H2,2-4H3,(H,23,28)/t15-/m0/s1. The molecule has 1 aliphatic rings. The van der Waals surface area contributed by atoms with Gasteiger partial charge >= 0.3 is 0 Å². The van der Waals surface area contributed by atoms with Crippen molar-refractivity contribution in [2.24, 2.45) is 0 Å². The smallest absolute Gasteiger partial charge is 0.233 e. The van der Waals surface area contributed by atoms with Crippen molar-refractivity contribution in [2.45, 2.75) is 19.3 Å². The number of aryl methyl sites for hydroxylation is 1. The highest BCUT2D eigenvalue weighted by molar-refractivity contribution is 5.95. The third-order valence-electron chi connectivity index (χ3n) is 5.06. The minimum absolute atomic E-state index is 0.119. The molecule has 3 heterocycles. The molecule has 3 aromatic rings. The lowest BCUT2D eigenvalue weighted by Gasteiger charge is -2.25. The van der Waals surface area contributed by atoms with E-state index in [1.165, 1.54) is 7.11 Å². The van der Waals surface area contributed by atoms with Crippen LogP contribution in [-0.4, -0.2) is 46.7 Å².